The Hall–Kier alpha value is -1.17. The van der Waals surface area contributed by atoms with Crippen LogP contribution in [0.5, 0.6) is 0 Å². The highest BCUT2D eigenvalue weighted by molar-refractivity contribution is 6.30. The maximum Gasteiger partial charge on any atom is 0.317 e. The van der Waals surface area contributed by atoms with Gasteiger partial charge in [0.15, 0.2) is 0 Å². The molecule has 0 aromatic heterocycles. The summed E-state index contributed by atoms with van der Waals surface area (Å²) in [6.07, 6.45) is 0. The van der Waals surface area contributed by atoms with Gasteiger partial charge in [0.25, 0.3) is 0 Å². The van der Waals surface area contributed by atoms with Crippen LogP contribution in [0.25, 0.3) is 0 Å². The van der Waals surface area contributed by atoms with Crippen LogP contribution in [0.3, 0.4) is 0 Å². The number of carbonyl (C=O) groups is 1. The van der Waals surface area contributed by atoms with E-state index >= 15 is 0 Å². The minimum absolute atomic E-state index is 0.0559. The smallest absolute Gasteiger partial charge is 0.317 e. The van der Waals surface area contributed by atoms with E-state index in [9.17, 15) is 9.18 Å². The van der Waals surface area contributed by atoms with Crippen molar-refractivity contribution in [3.05, 3.63) is 34.6 Å². The van der Waals surface area contributed by atoms with Crippen molar-refractivity contribution in [3.8, 4) is 0 Å². The van der Waals surface area contributed by atoms with Crippen LogP contribution in [-0.4, -0.2) is 54.6 Å². The summed E-state index contributed by atoms with van der Waals surface area (Å²) >= 11 is 5.71. The van der Waals surface area contributed by atoms with Crippen LogP contribution in [0.1, 0.15) is 5.56 Å². The van der Waals surface area contributed by atoms with Crippen LogP contribution in [0.4, 0.5) is 4.39 Å². The average Bonchev–Trinajstić information content (AvgIpc) is 2.31. The summed E-state index contributed by atoms with van der Waals surface area (Å²) < 4.78 is 13.8. The lowest BCUT2D eigenvalue weighted by Crippen LogP contribution is -2.35. The number of aliphatic carboxylic acids is 1. The molecule has 0 saturated heterocycles. The maximum absolute atomic E-state index is 13.8. The normalized spacial score (nSPS) is 11.3. The lowest BCUT2D eigenvalue weighted by Gasteiger charge is -2.22. The van der Waals surface area contributed by atoms with Crippen molar-refractivity contribution < 1.29 is 14.3 Å². The molecule has 0 fully saturated rings. The second kappa shape index (κ2) is 7.43. The first kappa shape index (κ1) is 15.9. The van der Waals surface area contributed by atoms with E-state index in [0.717, 1.165) is 0 Å². The highest BCUT2D eigenvalue weighted by Crippen LogP contribution is 2.19. The summed E-state index contributed by atoms with van der Waals surface area (Å²) in [4.78, 5) is 14.4. The monoisotopic (exact) mass is 288 g/mol. The highest BCUT2D eigenvalue weighted by atomic mass is 35.5. The summed E-state index contributed by atoms with van der Waals surface area (Å²) in [7, 11) is 3.80. The minimum Gasteiger partial charge on any atom is -0.480 e. The van der Waals surface area contributed by atoms with Gasteiger partial charge in [0.1, 0.15) is 5.82 Å². The van der Waals surface area contributed by atoms with E-state index in [1.807, 2.05) is 19.0 Å². The number of carboxylic acids is 1. The standard InChI is InChI=1S/C13H18ClFN2O2/c1-16(2)6-7-17(9-12(18)19)8-10-4-3-5-11(14)13(10)15/h3-5H,6-9H2,1-2H3,(H,18,19). The van der Waals surface area contributed by atoms with Crippen molar-refractivity contribution in [1.82, 2.24) is 9.80 Å². The molecule has 1 aromatic rings. The molecule has 1 N–H and O–H groups in total. The maximum atomic E-state index is 13.8. The van der Waals surface area contributed by atoms with E-state index in [4.69, 9.17) is 16.7 Å². The summed E-state index contributed by atoms with van der Waals surface area (Å²) in [5.74, 6) is -1.41. The van der Waals surface area contributed by atoms with Crippen molar-refractivity contribution in [2.24, 2.45) is 0 Å². The molecule has 0 spiro atoms. The van der Waals surface area contributed by atoms with Gasteiger partial charge in [-0.25, -0.2) is 4.39 Å². The Morgan fingerprint density at radius 2 is 2.05 bits per heavy atom. The van der Waals surface area contributed by atoms with Crippen LogP contribution in [0.2, 0.25) is 5.02 Å². The first-order valence-corrected chi connectivity index (χ1v) is 6.29. The fourth-order valence-electron chi connectivity index (χ4n) is 1.66. The number of rotatable bonds is 7. The Balaban J connectivity index is 2.75. The number of hydrogen-bond acceptors (Lipinski definition) is 3. The third kappa shape index (κ3) is 5.55. The Labute approximate surface area is 117 Å². The predicted octanol–water partition coefficient (Wildman–Crippen LogP) is 1.93. The molecule has 4 nitrogen and oxygen atoms in total. The largest absolute Gasteiger partial charge is 0.480 e. The fourth-order valence-corrected chi connectivity index (χ4v) is 1.85. The molecule has 0 amide bonds. The predicted molar refractivity (Wildman–Crippen MR) is 72.9 cm³/mol. The van der Waals surface area contributed by atoms with Crippen LogP contribution < -0.4 is 0 Å². The van der Waals surface area contributed by atoms with Gasteiger partial charge < -0.3 is 10.0 Å². The molecule has 0 saturated carbocycles. The zero-order chi connectivity index (χ0) is 14.4. The van der Waals surface area contributed by atoms with Gasteiger partial charge in [0, 0.05) is 25.2 Å². The molecule has 1 aromatic carbocycles. The molecule has 0 heterocycles. The molecule has 0 radical (unpaired) electrons. The third-order valence-electron chi connectivity index (χ3n) is 2.65. The first-order valence-electron chi connectivity index (χ1n) is 5.92. The van der Waals surface area contributed by atoms with Gasteiger partial charge in [-0.3, -0.25) is 9.69 Å². The molecular formula is C13H18ClFN2O2. The molecule has 0 atom stereocenters. The summed E-state index contributed by atoms with van der Waals surface area (Å²) in [6.45, 7) is 1.35. The Morgan fingerprint density at radius 1 is 1.37 bits per heavy atom. The molecule has 0 aliphatic carbocycles. The van der Waals surface area contributed by atoms with E-state index in [1.165, 1.54) is 6.07 Å². The number of benzene rings is 1. The Morgan fingerprint density at radius 3 is 2.63 bits per heavy atom. The average molecular weight is 289 g/mol. The molecular weight excluding hydrogens is 271 g/mol. The Bertz CT molecular complexity index is 441. The van der Waals surface area contributed by atoms with E-state index in [2.05, 4.69) is 0 Å². The molecule has 0 unspecified atom stereocenters. The molecule has 19 heavy (non-hydrogen) atoms. The summed E-state index contributed by atoms with van der Waals surface area (Å²) in [5, 5.41) is 8.93. The van der Waals surface area contributed by atoms with Crippen LogP contribution in [-0.2, 0) is 11.3 Å². The zero-order valence-corrected chi connectivity index (χ0v) is 11.8. The number of hydrogen-bond donors (Lipinski definition) is 1. The SMILES string of the molecule is CN(C)CCN(CC(=O)O)Cc1cccc(Cl)c1F. The second-order valence-corrected chi connectivity index (χ2v) is 5.03. The molecule has 0 bridgehead atoms. The number of nitrogens with zero attached hydrogens (tertiary/aromatic N) is 2. The fraction of sp³-hybridized carbons (Fsp3) is 0.462. The van der Waals surface area contributed by atoms with E-state index in [1.54, 1.807) is 17.0 Å². The molecule has 1 rings (SSSR count). The second-order valence-electron chi connectivity index (χ2n) is 4.62. The van der Waals surface area contributed by atoms with Gasteiger partial charge in [-0.1, -0.05) is 23.7 Å². The molecule has 0 aliphatic heterocycles. The van der Waals surface area contributed by atoms with Gasteiger partial charge in [0.2, 0.25) is 0 Å². The van der Waals surface area contributed by atoms with E-state index < -0.39 is 11.8 Å². The van der Waals surface area contributed by atoms with Crippen molar-refractivity contribution in [2.45, 2.75) is 6.54 Å². The molecule has 0 aliphatic rings. The van der Waals surface area contributed by atoms with Crippen LogP contribution in [0, 0.1) is 5.82 Å². The Kier molecular flexibility index (Phi) is 6.21. The van der Waals surface area contributed by atoms with Gasteiger partial charge >= 0.3 is 5.97 Å². The van der Waals surface area contributed by atoms with Gasteiger partial charge in [-0.15, -0.1) is 0 Å². The zero-order valence-electron chi connectivity index (χ0n) is 11.1. The van der Waals surface area contributed by atoms with E-state index in [-0.39, 0.29) is 18.1 Å². The summed E-state index contributed by atoms with van der Waals surface area (Å²) in [6, 6.07) is 4.75. The van der Waals surface area contributed by atoms with Crippen LogP contribution >= 0.6 is 11.6 Å². The topological polar surface area (TPSA) is 43.8 Å². The van der Waals surface area contributed by atoms with Gasteiger partial charge in [-0.2, -0.15) is 0 Å². The number of halogens is 2. The van der Waals surface area contributed by atoms with Crippen molar-refractivity contribution in [3.63, 3.8) is 0 Å². The first-order chi connectivity index (χ1) is 8.90. The minimum atomic E-state index is -0.929. The van der Waals surface area contributed by atoms with Crippen molar-refractivity contribution in [2.75, 3.05) is 33.7 Å². The molecule has 6 heteroatoms. The third-order valence-corrected chi connectivity index (χ3v) is 2.94. The van der Waals surface area contributed by atoms with Gasteiger partial charge in [-0.05, 0) is 20.2 Å². The lowest BCUT2D eigenvalue weighted by molar-refractivity contribution is -0.138. The lowest BCUT2D eigenvalue weighted by atomic mass is 10.2. The number of likely N-dealkylation sites (N-methyl/N-ethyl adjacent to an activating group) is 1. The number of carboxylic acid groups (broad SMARTS) is 1. The van der Waals surface area contributed by atoms with Crippen molar-refractivity contribution in [1.29, 1.82) is 0 Å². The van der Waals surface area contributed by atoms with E-state index in [0.29, 0.717) is 18.7 Å². The van der Waals surface area contributed by atoms with Crippen molar-refractivity contribution >= 4 is 17.6 Å². The molecule has 106 valence electrons. The van der Waals surface area contributed by atoms with Gasteiger partial charge in [0.05, 0.1) is 11.6 Å². The van der Waals surface area contributed by atoms with Crippen LogP contribution in [0.15, 0.2) is 18.2 Å². The highest BCUT2D eigenvalue weighted by Gasteiger charge is 2.14. The summed E-state index contributed by atoms with van der Waals surface area (Å²) in [5.41, 5.74) is 0.410. The quantitative estimate of drug-likeness (QED) is 0.833.